The second kappa shape index (κ2) is 7.26. The van der Waals surface area contributed by atoms with E-state index in [0.717, 1.165) is 7.28 Å². The van der Waals surface area contributed by atoms with Gasteiger partial charge in [-0.1, -0.05) is 57.6 Å². The Hall–Kier alpha value is -0.480. The normalized spacial score (nSPS) is 37.2. The smallest absolute Gasteiger partial charge is 0.237 e. The van der Waals surface area contributed by atoms with Gasteiger partial charge < -0.3 is 10.1 Å². The van der Waals surface area contributed by atoms with Crippen LogP contribution in [0.2, 0.25) is 12.6 Å². The van der Waals surface area contributed by atoms with Crippen molar-refractivity contribution in [3.8, 4) is 0 Å². The van der Waals surface area contributed by atoms with Gasteiger partial charge in [0.1, 0.15) is 0 Å². The first-order valence-electron chi connectivity index (χ1n) is 10.9. The lowest BCUT2D eigenvalue weighted by molar-refractivity contribution is -0.178. The largest absolute Gasteiger partial charge is 0.359 e. The first-order chi connectivity index (χ1) is 12.1. The monoisotopic (exact) mass is 343 g/mol. The molecule has 138 valence electrons. The first-order valence-corrected chi connectivity index (χ1v) is 10.9. The SMILES string of the molecule is CBN1CCN(C23CC(NC(=O)BC4CCCCCCC4)(C2)C3)CC1. The minimum atomic E-state index is 0.181. The van der Waals surface area contributed by atoms with Crippen LogP contribution in [-0.2, 0) is 0 Å². The second-order valence-corrected chi connectivity index (χ2v) is 9.42. The molecule has 4 nitrogen and oxygen atoms in total. The van der Waals surface area contributed by atoms with Gasteiger partial charge in [0.2, 0.25) is 14.7 Å². The van der Waals surface area contributed by atoms with Gasteiger partial charge in [-0.15, -0.1) is 0 Å². The molecule has 1 saturated heterocycles. The lowest BCUT2D eigenvalue weighted by Crippen LogP contribution is -2.84. The fraction of sp³-hybridized carbons (Fsp3) is 0.947. The molecule has 0 unspecified atom stereocenters. The number of nitrogens with zero attached hydrogens (tertiary/aromatic N) is 2. The Kier molecular flexibility index (Phi) is 5.20. The first kappa shape index (κ1) is 17.9. The zero-order valence-electron chi connectivity index (χ0n) is 16.2. The van der Waals surface area contributed by atoms with Gasteiger partial charge in [-0.3, -0.25) is 9.69 Å². The second-order valence-electron chi connectivity index (χ2n) is 9.42. The van der Waals surface area contributed by atoms with Crippen LogP contribution in [0.1, 0.15) is 64.2 Å². The van der Waals surface area contributed by atoms with Gasteiger partial charge in [0.25, 0.3) is 0 Å². The maximum Gasteiger partial charge on any atom is 0.237 e. The van der Waals surface area contributed by atoms with E-state index in [0.29, 0.717) is 17.2 Å². The fourth-order valence-electron chi connectivity index (χ4n) is 6.09. The van der Waals surface area contributed by atoms with E-state index in [1.165, 1.54) is 97.8 Å². The minimum absolute atomic E-state index is 0.181. The van der Waals surface area contributed by atoms with E-state index in [1.54, 1.807) is 0 Å². The molecule has 4 saturated carbocycles. The summed E-state index contributed by atoms with van der Waals surface area (Å²) in [5, 5.41) is 3.45. The van der Waals surface area contributed by atoms with Crippen molar-refractivity contribution >= 4 is 20.5 Å². The number of rotatable bonds is 5. The quantitative estimate of drug-likeness (QED) is 0.779. The topological polar surface area (TPSA) is 35.6 Å². The molecule has 4 aliphatic carbocycles. The maximum absolute atomic E-state index is 12.6. The summed E-state index contributed by atoms with van der Waals surface area (Å²) < 4.78 is 0. The Morgan fingerprint density at radius 3 is 2.16 bits per heavy atom. The summed E-state index contributed by atoms with van der Waals surface area (Å²) in [4.78, 5) is 17.8. The summed E-state index contributed by atoms with van der Waals surface area (Å²) in [6, 6.07) is 0. The molecule has 1 N–H and O–H groups in total. The van der Waals surface area contributed by atoms with Crippen molar-refractivity contribution in [2.24, 2.45) is 0 Å². The Morgan fingerprint density at radius 1 is 0.960 bits per heavy atom. The number of hydrogen-bond donors (Lipinski definition) is 1. The predicted molar refractivity (Wildman–Crippen MR) is 107 cm³/mol. The molecule has 0 spiro atoms. The van der Waals surface area contributed by atoms with Crippen LogP contribution in [0.25, 0.3) is 0 Å². The Morgan fingerprint density at radius 2 is 1.56 bits per heavy atom. The minimum Gasteiger partial charge on any atom is -0.359 e. The van der Waals surface area contributed by atoms with Crippen molar-refractivity contribution < 1.29 is 4.79 Å². The molecule has 0 aromatic heterocycles. The standard InChI is InChI=1S/C19H35B2N3O/c1-20-24-11-9-23(10-12-24)19-13-18(14-19,15-19)22-17(25)21-16-7-5-3-2-4-6-8-16/h16,20-21H,2-15H2,1H3,(H,22,25). The highest BCUT2D eigenvalue weighted by Gasteiger charge is 2.70. The molecule has 0 atom stereocenters. The van der Waals surface area contributed by atoms with Crippen LogP contribution in [0.3, 0.4) is 0 Å². The number of piperazine rings is 1. The van der Waals surface area contributed by atoms with Gasteiger partial charge in [0, 0.05) is 24.2 Å². The molecule has 5 aliphatic rings. The lowest BCUT2D eigenvalue weighted by Gasteiger charge is -2.74. The predicted octanol–water partition coefficient (Wildman–Crippen LogP) is 2.36. The molecule has 0 radical (unpaired) electrons. The van der Waals surface area contributed by atoms with Gasteiger partial charge in [-0.05, 0) is 32.4 Å². The Labute approximate surface area is 155 Å². The summed E-state index contributed by atoms with van der Waals surface area (Å²) >= 11 is 0. The third-order valence-corrected chi connectivity index (χ3v) is 7.60. The van der Waals surface area contributed by atoms with E-state index in [2.05, 4.69) is 21.9 Å². The molecular formula is C19H35B2N3O. The van der Waals surface area contributed by atoms with E-state index in [9.17, 15) is 4.79 Å². The van der Waals surface area contributed by atoms with Crippen molar-refractivity contribution in [3.05, 3.63) is 0 Å². The Bertz CT molecular complexity index is 465. The molecule has 1 amide bonds. The number of hydrogen-bond acceptors (Lipinski definition) is 3. The Balaban J connectivity index is 1.20. The molecule has 5 rings (SSSR count). The van der Waals surface area contributed by atoms with Gasteiger partial charge in [-0.25, -0.2) is 0 Å². The van der Waals surface area contributed by atoms with Gasteiger partial charge >= 0.3 is 0 Å². The average Bonchev–Trinajstić information content (AvgIpc) is 2.52. The number of carbonyl (C=O) groups is 1. The van der Waals surface area contributed by atoms with Gasteiger partial charge in [0.15, 0.2) is 5.81 Å². The van der Waals surface area contributed by atoms with Crippen LogP contribution in [0.15, 0.2) is 0 Å². The summed E-state index contributed by atoms with van der Waals surface area (Å²) in [6.07, 6.45) is 13.0. The molecule has 25 heavy (non-hydrogen) atoms. The van der Waals surface area contributed by atoms with Crippen LogP contribution >= 0.6 is 0 Å². The van der Waals surface area contributed by atoms with Crippen molar-refractivity contribution in [2.45, 2.75) is 87.9 Å². The van der Waals surface area contributed by atoms with E-state index < -0.39 is 0 Å². The highest BCUT2D eigenvalue weighted by molar-refractivity contribution is 6.74. The highest BCUT2D eigenvalue weighted by Crippen LogP contribution is 2.63. The van der Waals surface area contributed by atoms with Crippen LogP contribution in [-0.4, -0.2) is 67.5 Å². The van der Waals surface area contributed by atoms with E-state index >= 15 is 0 Å². The molecular weight excluding hydrogens is 308 g/mol. The molecule has 0 aromatic carbocycles. The molecule has 5 fully saturated rings. The van der Waals surface area contributed by atoms with Gasteiger partial charge in [0.05, 0.1) is 0 Å². The summed E-state index contributed by atoms with van der Waals surface area (Å²) in [5.74, 6) is 0.985. The number of amides is 1. The summed E-state index contributed by atoms with van der Waals surface area (Å²) in [5.41, 5.74) is 0.633. The van der Waals surface area contributed by atoms with E-state index in [4.69, 9.17) is 0 Å². The zero-order chi connectivity index (χ0) is 17.3. The third-order valence-electron chi connectivity index (χ3n) is 7.60. The molecule has 2 bridgehead atoms. The maximum atomic E-state index is 12.6. The van der Waals surface area contributed by atoms with Gasteiger partial charge in [-0.2, -0.15) is 0 Å². The third kappa shape index (κ3) is 3.66. The van der Waals surface area contributed by atoms with E-state index in [-0.39, 0.29) is 5.54 Å². The fourth-order valence-corrected chi connectivity index (χ4v) is 6.09. The van der Waals surface area contributed by atoms with Crippen LogP contribution < -0.4 is 5.32 Å². The van der Waals surface area contributed by atoms with Crippen molar-refractivity contribution in [2.75, 3.05) is 26.2 Å². The van der Waals surface area contributed by atoms with Crippen LogP contribution in [0.5, 0.6) is 0 Å². The lowest BCUT2D eigenvalue weighted by atomic mass is 9.42. The highest BCUT2D eigenvalue weighted by atomic mass is 16.1. The average molecular weight is 343 g/mol. The van der Waals surface area contributed by atoms with E-state index in [1.807, 2.05) is 0 Å². The molecule has 1 heterocycles. The number of carbonyl (C=O) groups excluding carboxylic acids is 1. The molecule has 0 aromatic rings. The van der Waals surface area contributed by atoms with Crippen LogP contribution in [0, 0.1) is 0 Å². The molecule has 1 aliphatic heterocycles. The zero-order valence-corrected chi connectivity index (χ0v) is 16.2. The summed E-state index contributed by atoms with van der Waals surface area (Å²) in [6.45, 7) is 7.15. The van der Waals surface area contributed by atoms with Crippen molar-refractivity contribution in [3.63, 3.8) is 0 Å². The summed E-state index contributed by atoms with van der Waals surface area (Å²) in [7, 11) is 1.96. The van der Waals surface area contributed by atoms with Crippen molar-refractivity contribution in [1.29, 1.82) is 0 Å². The molecule has 6 heteroatoms. The number of nitrogens with one attached hydrogen (secondary N) is 1. The van der Waals surface area contributed by atoms with Crippen molar-refractivity contribution in [1.82, 2.24) is 15.0 Å². The van der Waals surface area contributed by atoms with Crippen LogP contribution in [0.4, 0.5) is 4.79 Å².